The van der Waals surface area contributed by atoms with Crippen molar-refractivity contribution in [3.05, 3.63) is 35.6 Å². The van der Waals surface area contributed by atoms with Crippen LogP contribution >= 0.6 is 0 Å². The third-order valence-electron chi connectivity index (χ3n) is 4.42. The molecule has 0 aromatic heterocycles. The maximum absolute atomic E-state index is 13.0. The number of hydrogen-bond donors (Lipinski definition) is 1. The summed E-state index contributed by atoms with van der Waals surface area (Å²) in [6.07, 6.45) is 2.11. The summed E-state index contributed by atoms with van der Waals surface area (Å²) in [7, 11) is 0. The lowest BCUT2D eigenvalue weighted by Gasteiger charge is -2.41. The second-order valence-corrected chi connectivity index (χ2v) is 6.35. The molecule has 0 amide bonds. The minimum Gasteiger partial charge on any atom is -0.329 e. The van der Waals surface area contributed by atoms with Crippen molar-refractivity contribution in [2.24, 2.45) is 11.7 Å². The summed E-state index contributed by atoms with van der Waals surface area (Å²) in [6.45, 7) is 8.54. The minimum atomic E-state index is -0.179. The number of rotatable bonds is 4. The maximum atomic E-state index is 13.0. The molecule has 0 spiro atoms. The minimum absolute atomic E-state index is 0.0397. The van der Waals surface area contributed by atoms with Crippen molar-refractivity contribution in [1.29, 1.82) is 0 Å². The van der Waals surface area contributed by atoms with Crippen molar-refractivity contribution >= 4 is 0 Å². The Bertz CT molecular complexity index is 417. The summed E-state index contributed by atoms with van der Waals surface area (Å²) in [5.74, 6) is 0.551. The van der Waals surface area contributed by atoms with E-state index in [9.17, 15) is 4.39 Å². The molecule has 0 aliphatic carbocycles. The van der Waals surface area contributed by atoms with Crippen LogP contribution < -0.4 is 5.73 Å². The highest BCUT2D eigenvalue weighted by atomic mass is 19.1. The molecule has 0 saturated carbocycles. The van der Waals surface area contributed by atoms with Crippen LogP contribution in [0.5, 0.6) is 0 Å². The molecule has 2 N–H and O–H groups in total. The summed E-state index contributed by atoms with van der Waals surface area (Å²) in [6, 6.07) is 7.37. The molecule has 2 rings (SSSR count). The third-order valence-corrected chi connectivity index (χ3v) is 4.42. The van der Waals surface area contributed by atoms with Gasteiger partial charge in [-0.1, -0.05) is 19.1 Å². The van der Waals surface area contributed by atoms with Gasteiger partial charge in [0.2, 0.25) is 0 Å². The van der Waals surface area contributed by atoms with Gasteiger partial charge in [0.05, 0.1) is 0 Å². The van der Waals surface area contributed by atoms with E-state index in [1.54, 1.807) is 0 Å². The lowest BCUT2D eigenvalue weighted by atomic mass is 9.90. The second kappa shape index (κ2) is 5.59. The molecule has 1 aliphatic heterocycles. The molecular weight excluding hydrogens is 239 g/mol. The zero-order valence-electron chi connectivity index (χ0n) is 12.2. The normalized spacial score (nSPS) is 27.4. The van der Waals surface area contributed by atoms with Gasteiger partial charge in [-0.05, 0) is 50.3 Å². The van der Waals surface area contributed by atoms with E-state index in [0.717, 1.165) is 24.4 Å². The van der Waals surface area contributed by atoms with Gasteiger partial charge < -0.3 is 5.73 Å². The third kappa shape index (κ3) is 3.15. The van der Waals surface area contributed by atoms with Gasteiger partial charge in [-0.15, -0.1) is 0 Å². The predicted octanol–water partition coefficient (Wildman–Crippen LogP) is 2.82. The molecule has 3 heteroatoms. The number of benzene rings is 1. The van der Waals surface area contributed by atoms with Crippen molar-refractivity contribution in [1.82, 2.24) is 4.90 Å². The molecule has 0 radical (unpaired) electrons. The van der Waals surface area contributed by atoms with Crippen LogP contribution in [-0.2, 0) is 6.42 Å². The standard InChI is InChI=1S/C16H25FN2/c1-12-8-13(2)19(10-12)16(3,11-18)9-14-4-6-15(17)7-5-14/h4-7,12-13H,8-11,18H2,1-3H3. The molecule has 19 heavy (non-hydrogen) atoms. The highest BCUT2D eigenvalue weighted by Crippen LogP contribution is 2.31. The Balaban J connectivity index is 2.15. The number of hydrogen-bond acceptors (Lipinski definition) is 2. The van der Waals surface area contributed by atoms with Crippen LogP contribution in [0, 0.1) is 11.7 Å². The molecule has 3 atom stereocenters. The lowest BCUT2D eigenvalue weighted by Crippen LogP contribution is -2.54. The van der Waals surface area contributed by atoms with Crippen LogP contribution in [-0.4, -0.2) is 29.6 Å². The summed E-state index contributed by atoms with van der Waals surface area (Å²) in [4.78, 5) is 2.53. The number of nitrogens with zero attached hydrogens (tertiary/aromatic N) is 1. The maximum Gasteiger partial charge on any atom is 0.123 e. The van der Waals surface area contributed by atoms with E-state index in [1.807, 2.05) is 12.1 Å². The van der Waals surface area contributed by atoms with Gasteiger partial charge in [0.25, 0.3) is 0 Å². The van der Waals surface area contributed by atoms with Crippen molar-refractivity contribution in [3.63, 3.8) is 0 Å². The Morgan fingerprint density at radius 1 is 1.32 bits per heavy atom. The highest BCUT2D eigenvalue weighted by molar-refractivity contribution is 5.19. The van der Waals surface area contributed by atoms with Crippen LogP contribution in [0.15, 0.2) is 24.3 Å². The zero-order chi connectivity index (χ0) is 14.0. The van der Waals surface area contributed by atoms with Crippen LogP contribution in [0.2, 0.25) is 0 Å². The second-order valence-electron chi connectivity index (χ2n) is 6.35. The topological polar surface area (TPSA) is 29.3 Å². The van der Waals surface area contributed by atoms with Crippen molar-refractivity contribution in [3.8, 4) is 0 Å². The van der Waals surface area contributed by atoms with E-state index in [4.69, 9.17) is 5.73 Å². The first-order chi connectivity index (χ1) is 8.94. The van der Waals surface area contributed by atoms with Gasteiger partial charge in [-0.25, -0.2) is 4.39 Å². The van der Waals surface area contributed by atoms with Gasteiger partial charge in [0.15, 0.2) is 0 Å². The number of nitrogens with two attached hydrogens (primary N) is 1. The number of halogens is 1. The summed E-state index contributed by atoms with van der Waals surface area (Å²) < 4.78 is 13.0. The summed E-state index contributed by atoms with van der Waals surface area (Å²) in [5, 5.41) is 0. The Morgan fingerprint density at radius 2 is 1.95 bits per heavy atom. The lowest BCUT2D eigenvalue weighted by molar-refractivity contribution is 0.101. The SMILES string of the molecule is CC1CC(C)N(C(C)(CN)Cc2ccc(F)cc2)C1. The molecule has 2 nitrogen and oxygen atoms in total. The molecule has 106 valence electrons. The van der Waals surface area contributed by atoms with E-state index in [1.165, 1.54) is 18.6 Å². The Hall–Kier alpha value is -0.930. The molecular formula is C16H25FN2. The van der Waals surface area contributed by atoms with E-state index < -0.39 is 0 Å². The molecule has 0 bridgehead atoms. The van der Waals surface area contributed by atoms with E-state index in [2.05, 4.69) is 25.7 Å². The Morgan fingerprint density at radius 3 is 2.42 bits per heavy atom. The first kappa shape index (κ1) is 14.5. The van der Waals surface area contributed by atoms with Crippen molar-refractivity contribution in [2.45, 2.75) is 45.2 Å². The monoisotopic (exact) mass is 264 g/mol. The average molecular weight is 264 g/mol. The van der Waals surface area contributed by atoms with Crippen molar-refractivity contribution in [2.75, 3.05) is 13.1 Å². The van der Waals surface area contributed by atoms with E-state index >= 15 is 0 Å². The highest BCUT2D eigenvalue weighted by Gasteiger charge is 2.38. The van der Waals surface area contributed by atoms with Gasteiger partial charge in [0.1, 0.15) is 5.82 Å². The van der Waals surface area contributed by atoms with Crippen LogP contribution in [0.4, 0.5) is 4.39 Å². The molecule has 3 unspecified atom stereocenters. The molecule has 1 saturated heterocycles. The Labute approximate surface area is 115 Å². The predicted molar refractivity (Wildman–Crippen MR) is 77.5 cm³/mol. The quantitative estimate of drug-likeness (QED) is 0.906. The average Bonchev–Trinajstić information content (AvgIpc) is 2.72. The van der Waals surface area contributed by atoms with E-state index in [-0.39, 0.29) is 11.4 Å². The smallest absolute Gasteiger partial charge is 0.123 e. The van der Waals surface area contributed by atoms with Crippen LogP contribution in [0.3, 0.4) is 0 Å². The first-order valence-corrected chi connectivity index (χ1v) is 7.16. The van der Waals surface area contributed by atoms with E-state index in [0.29, 0.717) is 12.6 Å². The summed E-state index contributed by atoms with van der Waals surface area (Å²) >= 11 is 0. The fourth-order valence-corrected chi connectivity index (χ4v) is 3.39. The molecule has 1 aromatic rings. The molecule has 1 aliphatic rings. The fourth-order valence-electron chi connectivity index (χ4n) is 3.39. The van der Waals surface area contributed by atoms with Gasteiger partial charge >= 0.3 is 0 Å². The number of likely N-dealkylation sites (tertiary alicyclic amines) is 1. The largest absolute Gasteiger partial charge is 0.329 e. The molecule has 1 aromatic carbocycles. The van der Waals surface area contributed by atoms with Crippen molar-refractivity contribution < 1.29 is 4.39 Å². The van der Waals surface area contributed by atoms with Gasteiger partial charge in [-0.3, -0.25) is 4.90 Å². The van der Waals surface area contributed by atoms with Crippen LogP contribution in [0.25, 0.3) is 0 Å². The zero-order valence-corrected chi connectivity index (χ0v) is 12.2. The molecule has 1 fully saturated rings. The van der Waals surface area contributed by atoms with Crippen LogP contribution in [0.1, 0.15) is 32.8 Å². The first-order valence-electron chi connectivity index (χ1n) is 7.16. The van der Waals surface area contributed by atoms with Gasteiger partial charge in [0, 0.05) is 24.7 Å². The summed E-state index contributed by atoms with van der Waals surface area (Å²) in [5.41, 5.74) is 7.17. The fraction of sp³-hybridized carbons (Fsp3) is 0.625. The van der Waals surface area contributed by atoms with Gasteiger partial charge in [-0.2, -0.15) is 0 Å². The molecule has 1 heterocycles. The Kier molecular flexibility index (Phi) is 4.26.